The van der Waals surface area contributed by atoms with E-state index in [1.807, 2.05) is 66.9 Å². The number of nitrogens with two attached hydrogens (primary N) is 1. The van der Waals surface area contributed by atoms with Crippen LogP contribution in [0.3, 0.4) is 0 Å². The average molecular weight is 325 g/mol. The predicted octanol–water partition coefficient (Wildman–Crippen LogP) is 5.89. The molecule has 1 aliphatic rings. The van der Waals surface area contributed by atoms with Crippen LogP contribution in [0, 0.1) is 0 Å². The van der Waals surface area contributed by atoms with Crippen molar-refractivity contribution in [3.63, 3.8) is 0 Å². The van der Waals surface area contributed by atoms with E-state index in [1.54, 1.807) is 0 Å². The van der Waals surface area contributed by atoms with Crippen molar-refractivity contribution < 1.29 is 0 Å². The van der Waals surface area contributed by atoms with Gasteiger partial charge in [-0.1, -0.05) is 54.6 Å². The number of para-hydroxylation sites is 2. The summed E-state index contributed by atoms with van der Waals surface area (Å²) in [4.78, 5) is 4.41. The number of benzene rings is 2. The summed E-state index contributed by atoms with van der Waals surface area (Å²) in [6, 6.07) is 19.4. The minimum Gasteiger partial charge on any atom is -0.399 e. The van der Waals surface area contributed by atoms with Crippen molar-refractivity contribution in [1.29, 1.82) is 0 Å². The molecule has 0 saturated heterocycles. The molecule has 23 heavy (non-hydrogen) atoms. The molecule has 0 spiro atoms. The van der Waals surface area contributed by atoms with Crippen molar-refractivity contribution >= 4 is 29.2 Å². The lowest BCUT2D eigenvalue weighted by atomic mass is 9.97. The van der Waals surface area contributed by atoms with Gasteiger partial charge in [-0.05, 0) is 54.7 Å². The second kappa shape index (κ2) is 8.96. The number of hydrogen-bond acceptors (Lipinski definition) is 2. The van der Waals surface area contributed by atoms with Crippen LogP contribution in [-0.2, 0) is 0 Å². The lowest BCUT2D eigenvalue weighted by Crippen LogP contribution is -1.99. The summed E-state index contributed by atoms with van der Waals surface area (Å²) in [7, 11) is 0. The second-order valence-corrected chi connectivity index (χ2v) is 5.68. The average Bonchev–Trinajstić information content (AvgIpc) is 2.58. The maximum atomic E-state index is 6.19. The van der Waals surface area contributed by atoms with E-state index >= 15 is 0 Å². The van der Waals surface area contributed by atoms with Crippen LogP contribution in [0.2, 0.25) is 0 Å². The van der Waals surface area contributed by atoms with E-state index in [0.717, 1.165) is 46.8 Å². The molecule has 0 amide bonds. The highest BCUT2D eigenvalue weighted by Gasteiger charge is 2.12. The molecule has 2 aromatic carbocycles. The molecular weight excluding hydrogens is 304 g/mol. The molecule has 0 atom stereocenters. The Balaban J connectivity index is 0.000000229. The molecule has 0 aromatic heterocycles. The predicted molar refractivity (Wildman–Crippen MR) is 101 cm³/mol. The first-order valence-electron chi connectivity index (χ1n) is 7.63. The van der Waals surface area contributed by atoms with Crippen LogP contribution in [0.25, 0.3) is 0 Å². The smallest absolute Gasteiger partial charge is 0.0629 e. The summed E-state index contributed by atoms with van der Waals surface area (Å²) in [5, 5.41) is 0.797. The van der Waals surface area contributed by atoms with E-state index < -0.39 is 0 Å². The normalized spacial score (nSPS) is 14.6. The van der Waals surface area contributed by atoms with Gasteiger partial charge in [0.1, 0.15) is 0 Å². The van der Waals surface area contributed by atoms with Crippen LogP contribution < -0.4 is 5.73 Å². The summed E-state index contributed by atoms with van der Waals surface area (Å²) in [6.45, 7) is 3.95. The van der Waals surface area contributed by atoms with E-state index in [-0.39, 0.29) is 0 Å². The molecule has 2 N–H and O–H groups in total. The quantitative estimate of drug-likeness (QED) is 0.542. The third-order valence-electron chi connectivity index (χ3n) is 3.44. The van der Waals surface area contributed by atoms with E-state index in [4.69, 9.17) is 17.3 Å². The van der Waals surface area contributed by atoms with Crippen molar-refractivity contribution in [2.75, 3.05) is 5.73 Å². The molecular formula is C20H21ClN2. The lowest BCUT2D eigenvalue weighted by molar-refractivity contribution is 0.803. The molecule has 0 aliphatic heterocycles. The van der Waals surface area contributed by atoms with Crippen LogP contribution in [0.4, 0.5) is 11.4 Å². The Bertz CT molecular complexity index is 688. The van der Waals surface area contributed by atoms with Gasteiger partial charge < -0.3 is 5.73 Å². The summed E-state index contributed by atoms with van der Waals surface area (Å²) >= 11 is 6.19. The molecule has 1 aliphatic carbocycles. The zero-order valence-corrected chi connectivity index (χ0v) is 13.8. The van der Waals surface area contributed by atoms with Gasteiger partial charge in [-0.15, -0.1) is 0 Å². The number of nitrogens with zero attached hydrogens (tertiary/aromatic N) is 1. The Morgan fingerprint density at radius 2 is 1.57 bits per heavy atom. The minimum absolute atomic E-state index is 0.797. The molecule has 2 aromatic rings. The van der Waals surface area contributed by atoms with E-state index in [0.29, 0.717) is 0 Å². The minimum atomic E-state index is 0.797. The number of halogens is 1. The van der Waals surface area contributed by atoms with Crippen LogP contribution in [0.5, 0.6) is 0 Å². The molecule has 118 valence electrons. The molecule has 0 saturated carbocycles. The second-order valence-electron chi connectivity index (χ2n) is 5.30. The maximum absolute atomic E-state index is 6.19. The summed E-state index contributed by atoms with van der Waals surface area (Å²) < 4.78 is 0. The van der Waals surface area contributed by atoms with Gasteiger partial charge >= 0.3 is 0 Å². The molecule has 0 radical (unpaired) electrons. The maximum Gasteiger partial charge on any atom is 0.0629 e. The summed E-state index contributed by atoms with van der Waals surface area (Å²) in [5.74, 6) is 0. The molecule has 2 nitrogen and oxygen atoms in total. The molecule has 0 bridgehead atoms. The highest BCUT2D eigenvalue weighted by Crippen LogP contribution is 2.30. The van der Waals surface area contributed by atoms with Crippen molar-refractivity contribution in [3.05, 3.63) is 83.4 Å². The van der Waals surface area contributed by atoms with Gasteiger partial charge in [-0.2, -0.15) is 0 Å². The van der Waals surface area contributed by atoms with Gasteiger partial charge in [-0.3, -0.25) is 4.99 Å². The molecule has 3 rings (SSSR count). The first kappa shape index (κ1) is 17.0. The van der Waals surface area contributed by atoms with Crippen molar-refractivity contribution in [3.8, 4) is 0 Å². The van der Waals surface area contributed by atoms with Gasteiger partial charge in [0.25, 0.3) is 0 Å². The molecule has 0 heterocycles. The lowest BCUT2D eigenvalue weighted by Gasteiger charge is -2.14. The monoisotopic (exact) mass is 324 g/mol. The highest BCUT2D eigenvalue weighted by atomic mass is 35.5. The third kappa shape index (κ3) is 5.76. The SMILES string of the molecule is C=C1CCCC(C=Nc2ccccc2)=C1Cl.Nc1ccccc1. The fraction of sp³-hybridized carbons (Fsp3) is 0.150. The zero-order chi connectivity index (χ0) is 16.5. The fourth-order valence-electron chi connectivity index (χ4n) is 2.18. The van der Waals surface area contributed by atoms with Gasteiger partial charge in [0.05, 0.1) is 5.69 Å². The number of anilines is 1. The van der Waals surface area contributed by atoms with Gasteiger partial charge in [0.15, 0.2) is 0 Å². The first-order chi connectivity index (χ1) is 11.2. The number of hydrogen-bond donors (Lipinski definition) is 1. The first-order valence-corrected chi connectivity index (χ1v) is 8.01. The number of aliphatic imine (C=N–C) groups is 1. The standard InChI is InChI=1S/C14H14ClN.C6H7N/c1-11-6-5-7-12(14(11)15)10-16-13-8-3-2-4-9-13;7-6-4-2-1-3-5-6/h2-4,8-10H,1,5-7H2;1-5H,7H2. The third-order valence-corrected chi connectivity index (χ3v) is 3.95. The van der Waals surface area contributed by atoms with Crippen LogP contribution in [0.15, 0.2) is 88.4 Å². The van der Waals surface area contributed by atoms with E-state index in [9.17, 15) is 0 Å². The van der Waals surface area contributed by atoms with Gasteiger partial charge in [0.2, 0.25) is 0 Å². The molecule has 0 unspecified atom stereocenters. The van der Waals surface area contributed by atoms with E-state index in [1.165, 1.54) is 0 Å². The van der Waals surface area contributed by atoms with Crippen LogP contribution >= 0.6 is 11.6 Å². The van der Waals surface area contributed by atoms with Crippen molar-refractivity contribution in [2.45, 2.75) is 19.3 Å². The number of allylic oxidation sites excluding steroid dienone is 3. The van der Waals surface area contributed by atoms with Crippen molar-refractivity contribution in [2.24, 2.45) is 4.99 Å². The van der Waals surface area contributed by atoms with E-state index in [2.05, 4.69) is 11.6 Å². The van der Waals surface area contributed by atoms with Gasteiger partial charge in [-0.25, -0.2) is 0 Å². The Morgan fingerprint density at radius 1 is 0.957 bits per heavy atom. The Morgan fingerprint density at radius 3 is 2.13 bits per heavy atom. The van der Waals surface area contributed by atoms with Crippen molar-refractivity contribution in [1.82, 2.24) is 0 Å². The summed E-state index contributed by atoms with van der Waals surface area (Å²) in [6.07, 6.45) is 4.98. The zero-order valence-electron chi connectivity index (χ0n) is 13.1. The topological polar surface area (TPSA) is 38.4 Å². The molecule has 0 fully saturated rings. The Hall–Kier alpha value is -2.32. The largest absolute Gasteiger partial charge is 0.399 e. The fourth-order valence-corrected chi connectivity index (χ4v) is 2.42. The van der Waals surface area contributed by atoms with Crippen LogP contribution in [0.1, 0.15) is 19.3 Å². The van der Waals surface area contributed by atoms with Gasteiger partial charge in [0, 0.05) is 16.9 Å². The Kier molecular flexibility index (Phi) is 6.64. The number of rotatable bonds is 2. The highest BCUT2D eigenvalue weighted by molar-refractivity contribution is 6.33. The number of nitrogen functional groups attached to an aromatic ring is 1. The Labute approximate surface area is 143 Å². The molecule has 3 heteroatoms. The van der Waals surface area contributed by atoms with Crippen LogP contribution in [-0.4, -0.2) is 6.21 Å². The summed E-state index contributed by atoms with van der Waals surface area (Å²) in [5.41, 5.74) is 9.26.